The summed E-state index contributed by atoms with van der Waals surface area (Å²) in [6.07, 6.45) is 3.18. The minimum atomic E-state index is 0.145. The van der Waals surface area contributed by atoms with E-state index in [0.29, 0.717) is 25.6 Å². The smallest absolute Gasteiger partial charge is 0.220 e. The van der Waals surface area contributed by atoms with Gasteiger partial charge in [-0.1, -0.05) is 0 Å². The van der Waals surface area contributed by atoms with E-state index in [1.54, 1.807) is 6.33 Å². The van der Waals surface area contributed by atoms with Gasteiger partial charge in [-0.25, -0.2) is 0 Å². The van der Waals surface area contributed by atoms with Gasteiger partial charge in [0.15, 0.2) is 0 Å². The molecular formula is C9H15N5O. The van der Waals surface area contributed by atoms with Crippen LogP contribution in [0.3, 0.4) is 0 Å². The average molecular weight is 209 g/mol. The van der Waals surface area contributed by atoms with E-state index < -0.39 is 0 Å². The Morgan fingerprint density at radius 2 is 2.60 bits per heavy atom. The van der Waals surface area contributed by atoms with Crippen molar-refractivity contribution >= 4 is 5.91 Å². The number of aryl methyl sites for hydroxylation is 1. The number of piperidine rings is 1. The molecule has 1 unspecified atom stereocenters. The first kappa shape index (κ1) is 10.1. The van der Waals surface area contributed by atoms with Crippen LogP contribution in [0.1, 0.15) is 18.7 Å². The zero-order valence-corrected chi connectivity index (χ0v) is 8.73. The molecule has 6 nitrogen and oxygen atoms in total. The normalized spacial score (nSPS) is 21.4. The van der Waals surface area contributed by atoms with Crippen LogP contribution in [0.25, 0.3) is 0 Å². The van der Waals surface area contributed by atoms with Crippen LogP contribution < -0.4 is 10.6 Å². The predicted molar refractivity (Wildman–Crippen MR) is 53.9 cm³/mol. The standard InChI is InChI=1S/C9H15N5O/c1-14-6-12-13-8(14)5-10-7-2-3-9(15)11-4-7/h6-7,10H,2-5H2,1H3,(H,11,15). The number of carbonyl (C=O) groups is 1. The number of hydrogen-bond acceptors (Lipinski definition) is 4. The summed E-state index contributed by atoms with van der Waals surface area (Å²) in [5.41, 5.74) is 0. The molecule has 0 aromatic carbocycles. The van der Waals surface area contributed by atoms with Gasteiger partial charge in [0.1, 0.15) is 12.2 Å². The van der Waals surface area contributed by atoms with Gasteiger partial charge in [0.25, 0.3) is 0 Å². The van der Waals surface area contributed by atoms with Gasteiger partial charge in [-0.05, 0) is 6.42 Å². The van der Waals surface area contributed by atoms with Crippen molar-refractivity contribution in [2.24, 2.45) is 7.05 Å². The number of hydrogen-bond donors (Lipinski definition) is 2. The molecule has 2 N–H and O–H groups in total. The Morgan fingerprint density at radius 1 is 1.73 bits per heavy atom. The minimum absolute atomic E-state index is 0.145. The van der Waals surface area contributed by atoms with Crippen molar-refractivity contribution in [1.82, 2.24) is 25.4 Å². The van der Waals surface area contributed by atoms with Gasteiger partial charge in [0.05, 0.1) is 6.54 Å². The number of rotatable bonds is 3. The van der Waals surface area contributed by atoms with Gasteiger partial charge in [-0.3, -0.25) is 4.79 Å². The molecule has 1 aromatic heterocycles. The highest BCUT2D eigenvalue weighted by atomic mass is 16.1. The van der Waals surface area contributed by atoms with E-state index in [0.717, 1.165) is 12.2 Å². The van der Waals surface area contributed by atoms with Crippen LogP contribution in [-0.2, 0) is 18.4 Å². The second-order valence-electron chi connectivity index (χ2n) is 3.78. The van der Waals surface area contributed by atoms with Gasteiger partial charge >= 0.3 is 0 Å². The van der Waals surface area contributed by atoms with Gasteiger partial charge in [0.2, 0.25) is 5.91 Å². The van der Waals surface area contributed by atoms with Gasteiger partial charge < -0.3 is 15.2 Å². The topological polar surface area (TPSA) is 71.8 Å². The lowest BCUT2D eigenvalue weighted by molar-refractivity contribution is -0.122. The second kappa shape index (κ2) is 4.39. The number of nitrogens with one attached hydrogen (secondary N) is 2. The summed E-state index contributed by atoms with van der Waals surface area (Å²) in [5, 5.41) is 14.0. The molecule has 0 saturated carbocycles. The molecule has 1 aliphatic heterocycles. The minimum Gasteiger partial charge on any atom is -0.355 e. The molecule has 1 fully saturated rings. The number of amides is 1. The van der Waals surface area contributed by atoms with Crippen molar-refractivity contribution in [3.8, 4) is 0 Å². The van der Waals surface area contributed by atoms with E-state index >= 15 is 0 Å². The van der Waals surface area contributed by atoms with Gasteiger partial charge in [0, 0.05) is 26.1 Å². The van der Waals surface area contributed by atoms with Crippen molar-refractivity contribution in [3.63, 3.8) is 0 Å². The van der Waals surface area contributed by atoms with Gasteiger partial charge in [-0.15, -0.1) is 10.2 Å². The summed E-state index contributed by atoms with van der Waals surface area (Å²) in [4.78, 5) is 10.9. The molecular weight excluding hydrogens is 194 g/mol. The fourth-order valence-corrected chi connectivity index (χ4v) is 1.61. The molecule has 0 radical (unpaired) electrons. The zero-order chi connectivity index (χ0) is 10.7. The fraction of sp³-hybridized carbons (Fsp3) is 0.667. The first-order chi connectivity index (χ1) is 7.25. The Kier molecular flexibility index (Phi) is 2.96. The van der Waals surface area contributed by atoms with Crippen molar-refractivity contribution in [2.75, 3.05) is 6.54 Å². The number of nitrogens with zero attached hydrogens (tertiary/aromatic N) is 3. The van der Waals surface area contributed by atoms with Crippen LogP contribution in [0.2, 0.25) is 0 Å². The summed E-state index contributed by atoms with van der Waals surface area (Å²) in [6.45, 7) is 1.40. The molecule has 1 atom stereocenters. The highest BCUT2D eigenvalue weighted by molar-refractivity contribution is 5.76. The molecule has 6 heteroatoms. The molecule has 0 aliphatic carbocycles. The first-order valence-electron chi connectivity index (χ1n) is 5.08. The van der Waals surface area contributed by atoms with Crippen LogP contribution in [0.4, 0.5) is 0 Å². The summed E-state index contributed by atoms with van der Waals surface area (Å²) in [5.74, 6) is 1.05. The largest absolute Gasteiger partial charge is 0.355 e. The van der Waals surface area contributed by atoms with Crippen LogP contribution in [0.5, 0.6) is 0 Å². The van der Waals surface area contributed by atoms with Crippen molar-refractivity contribution in [1.29, 1.82) is 0 Å². The van der Waals surface area contributed by atoms with Crippen LogP contribution in [-0.4, -0.2) is 33.3 Å². The van der Waals surface area contributed by atoms with Crippen LogP contribution in [0, 0.1) is 0 Å². The van der Waals surface area contributed by atoms with Crippen LogP contribution >= 0.6 is 0 Å². The highest BCUT2D eigenvalue weighted by Crippen LogP contribution is 2.03. The lowest BCUT2D eigenvalue weighted by Crippen LogP contribution is -2.45. The summed E-state index contributed by atoms with van der Waals surface area (Å²) >= 11 is 0. The van der Waals surface area contributed by atoms with E-state index in [1.165, 1.54) is 0 Å². The average Bonchev–Trinajstić information content (AvgIpc) is 2.63. The number of carbonyl (C=O) groups excluding carboxylic acids is 1. The molecule has 2 heterocycles. The molecule has 1 aliphatic rings. The van der Waals surface area contributed by atoms with Gasteiger partial charge in [-0.2, -0.15) is 0 Å². The molecule has 0 spiro atoms. The Balaban J connectivity index is 1.79. The summed E-state index contributed by atoms with van der Waals surface area (Å²) in [7, 11) is 1.92. The van der Waals surface area contributed by atoms with E-state index in [2.05, 4.69) is 20.8 Å². The van der Waals surface area contributed by atoms with E-state index in [-0.39, 0.29) is 5.91 Å². The summed E-state index contributed by atoms with van der Waals surface area (Å²) < 4.78 is 1.88. The molecule has 1 aromatic rings. The van der Waals surface area contributed by atoms with Crippen molar-refractivity contribution in [3.05, 3.63) is 12.2 Å². The molecule has 1 saturated heterocycles. The van der Waals surface area contributed by atoms with E-state index in [9.17, 15) is 4.79 Å². The third-order valence-corrected chi connectivity index (χ3v) is 2.62. The molecule has 15 heavy (non-hydrogen) atoms. The molecule has 1 amide bonds. The highest BCUT2D eigenvalue weighted by Gasteiger charge is 2.17. The monoisotopic (exact) mass is 209 g/mol. The second-order valence-corrected chi connectivity index (χ2v) is 3.78. The predicted octanol–water partition coefficient (Wildman–Crippen LogP) is -0.817. The van der Waals surface area contributed by atoms with E-state index in [1.807, 2.05) is 11.6 Å². The quantitative estimate of drug-likeness (QED) is 0.682. The van der Waals surface area contributed by atoms with Crippen molar-refractivity contribution < 1.29 is 4.79 Å². The maximum absolute atomic E-state index is 10.9. The fourth-order valence-electron chi connectivity index (χ4n) is 1.61. The third kappa shape index (κ3) is 2.53. The first-order valence-corrected chi connectivity index (χ1v) is 5.08. The Hall–Kier alpha value is -1.43. The Morgan fingerprint density at radius 3 is 3.20 bits per heavy atom. The number of aromatic nitrogens is 3. The van der Waals surface area contributed by atoms with Crippen LogP contribution in [0.15, 0.2) is 6.33 Å². The lowest BCUT2D eigenvalue weighted by Gasteiger charge is -2.23. The molecule has 0 bridgehead atoms. The zero-order valence-electron chi connectivity index (χ0n) is 8.73. The SMILES string of the molecule is Cn1cnnc1CNC1CCC(=O)NC1. The third-order valence-electron chi connectivity index (χ3n) is 2.62. The Labute approximate surface area is 88.1 Å². The lowest BCUT2D eigenvalue weighted by atomic mass is 10.1. The Bertz CT molecular complexity index is 338. The maximum Gasteiger partial charge on any atom is 0.220 e. The van der Waals surface area contributed by atoms with Crippen molar-refractivity contribution in [2.45, 2.75) is 25.4 Å². The molecule has 82 valence electrons. The molecule has 2 rings (SSSR count). The summed E-state index contributed by atoms with van der Waals surface area (Å²) in [6, 6.07) is 0.347. The maximum atomic E-state index is 10.9. The van der Waals surface area contributed by atoms with E-state index in [4.69, 9.17) is 0 Å².